The van der Waals surface area contributed by atoms with Crippen molar-refractivity contribution in [2.24, 2.45) is 5.92 Å². The van der Waals surface area contributed by atoms with Crippen molar-refractivity contribution in [3.63, 3.8) is 0 Å². The molecule has 1 aliphatic carbocycles. The number of ether oxygens (including phenoxy) is 3. The fourth-order valence-electron chi connectivity index (χ4n) is 3.93. The second-order valence-corrected chi connectivity index (χ2v) is 10.7. The van der Waals surface area contributed by atoms with E-state index < -0.39 is 22.7 Å². The Morgan fingerprint density at radius 3 is 2.00 bits per heavy atom. The molecule has 194 valence electrons. The molecule has 0 N–H and O–H groups in total. The molecule has 0 aromatic heterocycles. The Morgan fingerprint density at radius 2 is 1.43 bits per heavy atom. The standard InChI is InChI=1S/C27H38O7S/c1-19(2)18-34-24(29)13-11-9-7-5-6-8-10-12-16-35(31)23-17-20(28)25-21(32-3)14-15-22(33-4)26(25)27(23)30/h14-15,17,19H,5-13,16,18H2,1-4H3. The largest absolute Gasteiger partial charge is 0.611 e. The minimum Gasteiger partial charge on any atom is -0.611 e. The van der Waals surface area contributed by atoms with Crippen molar-refractivity contribution in [2.75, 3.05) is 26.6 Å². The number of esters is 1. The Labute approximate surface area is 211 Å². The van der Waals surface area contributed by atoms with Gasteiger partial charge in [-0.25, -0.2) is 0 Å². The number of hydrogen-bond acceptors (Lipinski definition) is 7. The van der Waals surface area contributed by atoms with Gasteiger partial charge < -0.3 is 18.8 Å². The van der Waals surface area contributed by atoms with E-state index in [0.717, 1.165) is 51.4 Å². The molecule has 0 aliphatic heterocycles. The molecule has 1 aromatic carbocycles. The maximum atomic E-state index is 13.0. The van der Waals surface area contributed by atoms with Crippen LogP contribution in [0.4, 0.5) is 0 Å². The molecular formula is C27H38O7S. The number of hydrogen-bond donors (Lipinski definition) is 0. The predicted molar refractivity (Wildman–Crippen MR) is 137 cm³/mol. The topological polar surface area (TPSA) is 102 Å². The Hall–Kier alpha value is -2.32. The molecule has 0 spiro atoms. The van der Waals surface area contributed by atoms with Crippen molar-refractivity contribution in [1.82, 2.24) is 0 Å². The van der Waals surface area contributed by atoms with E-state index >= 15 is 0 Å². The van der Waals surface area contributed by atoms with E-state index in [1.807, 2.05) is 13.8 Å². The summed E-state index contributed by atoms with van der Waals surface area (Å²) in [4.78, 5) is 37.3. The smallest absolute Gasteiger partial charge is 0.305 e. The van der Waals surface area contributed by atoms with Gasteiger partial charge >= 0.3 is 5.97 Å². The van der Waals surface area contributed by atoms with Crippen molar-refractivity contribution in [1.29, 1.82) is 0 Å². The average molecular weight is 507 g/mol. The van der Waals surface area contributed by atoms with Gasteiger partial charge in [0, 0.05) is 12.5 Å². The molecule has 7 nitrogen and oxygen atoms in total. The van der Waals surface area contributed by atoms with Gasteiger partial charge in [-0.1, -0.05) is 46.0 Å². The van der Waals surface area contributed by atoms with E-state index in [0.29, 0.717) is 30.4 Å². The number of rotatable bonds is 16. The minimum absolute atomic E-state index is 0.0287. The monoisotopic (exact) mass is 506 g/mol. The molecule has 0 saturated carbocycles. The summed E-state index contributed by atoms with van der Waals surface area (Å²) in [5.74, 6) is 0.323. The summed E-state index contributed by atoms with van der Waals surface area (Å²) in [5.41, 5.74) is 0.279. The number of carbonyl (C=O) groups excluding carboxylic acids is 3. The average Bonchev–Trinajstić information content (AvgIpc) is 2.84. The summed E-state index contributed by atoms with van der Waals surface area (Å²) in [6.07, 6.45) is 9.45. The van der Waals surface area contributed by atoms with Crippen LogP contribution in [0.25, 0.3) is 0 Å². The van der Waals surface area contributed by atoms with Crippen LogP contribution < -0.4 is 9.47 Å². The summed E-state index contributed by atoms with van der Waals surface area (Å²) in [7, 11) is 2.86. The minimum atomic E-state index is -1.55. The fourth-order valence-corrected chi connectivity index (χ4v) is 5.16. The lowest BCUT2D eigenvalue weighted by Crippen LogP contribution is -2.25. The third-order valence-corrected chi connectivity index (χ3v) is 7.26. The van der Waals surface area contributed by atoms with E-state index in [1.54, 1.807) is 12.1 Å². The van der Waals surface area contributed by atoms with Gasteiger partial charge in [0.25, 0.3) is 0 Å². The molecule has 0 saturated heterocycles. The number of allylic oxidation sites excluding steroid dienone is 2. The van der Waals surface area contributed by atoms with E-state index in [4.69, 9.17) is 14.2 Å². The number of fused-ring (bicyclic) bond motifs is 1. The Morgan fingerprint density at radius 1 is 0.886 bits per heavy atom. The highest BCUT2D eigenvalue weighted by Crippen LogP contribution is 2.37. The van der Waals surface area contributed by atoms with Crippen LogP contribution in [0.15, 0.2) is 23.1 Å². The predicted octanol–water partition coefficient (Wildman–Crippen LogP) is 5.43. The summed E-state index contributed by atoms with van der Waals surface area (Å²) in [5, 5.41) is 0. The summed E-state index contributed by atoms with van der Waals surface area (Å²) in [6.45, 7) is 4.53. The third-order valence-electron chi connectivity index (χ3n) is 5.81. The van der Waals surface area contributed by atoms with Crippen molar-refractivity contribution in [3.05, 3.63) is 34.2 Å². The molecule has 0 bridgehead atoms. The van der Waals surface area contributed by atoms with Crippen molar-refractivity contribution in [2.45, 2.75) is 71.6 Å². The second-order valence-electron chi connectivity index (χ2n) is 9.13. The number of Topliss-reactive ketones (excluding diaryl/α,β-unsaturated/α-hetero) is 1. The molecule has 0 heterocycles. The lowest BCUT2D eigenvalue weighted by Gasteiger charge is -2.21. The Kier molecular flexibility index (Phi) is 12.3. The zero-order valence-electron chi connectivity index (χ0n) is 21.4. The van der Waals surface area contributed by atoms with Gasteiger partial charge in [0.2, 0.25) is 10.7 Å². The maximum Gasteiger partial charge on any atom is 0.305 e. The summed E-state index contributed by atoms with van der Waals surface area (Å²) >= 11 is -1.55. The molecule has 1 unspecified atom stereocenters. The van der Waals surface area contributed by atoms with Crippen molar-refractivity contribution >= 4 is 28.7 Å². The Bertz CT molecular complexity index is 907. The zero-order valence-corrected chi connectivity index (χ0v) is 22.2. The number of carbonyl (C=O) groups is 3. The van der Waals surface area contributed by atoms with Crippen LogP contribution in [0.3, 0.4) is 0 Å². The van der Waals surface area contributed by atoms with Crippen LogP contribution in [0, 0.1) is 5.92 Å². The SMILES string of the molecule is COc1ccc(OC)c2c1C(=O)C=C([S+]([O-])CCCCCCCCCCC(=O)OCC(C)C)C2=O. The van der Waals surface area contributed by atoms with E-state index in [-0.39, 0.29) is 27.8 Å². The third kappa shape index (κ3) is 8.69. The maximum absolute atomic E-state index is 13.0. The number of unbranched alkanes of at least 4 members (excludes halogenated alkanes) is 7. The zero-order chi connectivity index (χ0) is 25.8. The van der Waals surface area contributed by atoms with Crippen LogP contribution in [0.2, 0.25) is 0 Å². The molecule has 0 amide bonds. The molecule has 0 fully saturated rings. The first kappa shape index (κ1) is 28.9. The quantitative estimate of drug-likeness (QED) is 0.167. The fraction of sp³-hybridized carbons (Fsp3) is 0.593. The van der Waals surface area contributed by atoms with Crippen LogP contribution in [-0.4, -0.2) is 48.7 Å². The highest BCUT2D eigenvalue weighted by atomic mass is 32.2. The van der Waals surface area contributed by atoms with E-state index in [1.165, 1.54) is 20.3 Å². The second kappa shape index (κ2) is 14.9. The number of methoxy groups -OCH3 is 2. The van der Waals surface area contributed by atoms with E-state index in [2.05, 4.69) is 0 Å². The highest BCUT2D eigenvalue weighted by molar-refractivity contribution is 7.96. The van der Waals surface area contributed by atoms with Crippen molar-refractivity contribution in [3.8, 4) is 11.5 Å². The van der Waals surface area contributed by atoms with Gasteiger partial charge in [-0.15, -0.1) is 0 Å². The van der Waals surface area contributed by atoms with Crippen LogP contribution in [0.1, 0.15) is 92.4 Å². The highest BCUT2D eigenvalue weighted by Gasteiger charge is 2.37. The molecule has 35 heavy (non-hydrogen) atoms. The number of benzene rings is 1. The molecular weight excluding hydrogens is 468 g/mol. The summed E-state index contributed by atoms with van der Waals surface area (Å²) < 4.78 is 28.5. The van der Waals surface area contributed by atoms with Crippen LogP contribution in [0.5, 0.6) is 11.5 Å². The molecule has 1 aliphatic rings. The van der Waals surface area contributed by atoms with Gasteiger partial charge in [0.05, 0.1) is 32.0 Å². The number of ketones is 2. The lowest BCUT2D eigenvalue weighted by molar-refractivity contribution is -0.144. The molecule has 1 atom stereocenters. The first-order valence-corrected chi connectivity index (χ1v) is 13.7. The van der Waals surface area contributed by atoms with Gasteiger partial charge in [0.15, 0.2) is 5.78 Å². The first-order chi connectivity index (χ1) is 16.8. The van der Waals surface area contributed by atoms with Crippen LogP contribution >= 0.6 is 0 Å². The molecule has 8 heteroatoms. The summed E-state index contributed by atoms with van der Waals surface area (Å²) in [6, 6.07) is 3.16. The molecule has 0 radical (unpaired) electrons. The van der Waals surface area contributed by atoms with Crippen LogP contribution in [-0.2, 0) is 20.7 Å². The van der Waals surface area contributed by atoms with Gasteiger partial charge in [-0.3, -0.25) is 14.4 Å². The molecule has 1 aromatic rings. The van der Waals surface area contributed by atoms with Gasteiger partial charge in [-0.2, -0.15) is 0 Å². The molecule has 2 rings (SSSR count). The lowest BCUT2D eigenvalue weighted by atomic mass is 9.93. The normalized spacial score (nSPS) is 13.9. The Balaban J connectivity index is 1.68. The van der Waals surface area contributed by atoms with Gasteiger partial charge in [-0.05, 0) is 48.5 Å². The van der Waals surface area contributed by atoms with Gasteiger partial charge in [0.1, 0.15) is 17.3 Å². The van der Waals surface area contributed by atoms with E-state index in [9.17, 15) is 18.9 Å². The van der Waals surface area contributed by atoms with Crippen molar-refractivity contribution < 1.29 is 33.1 Å². The first-order valence-electron chi connectivity index (χ1n) is 12.4.